The number of aryl methyl sites for hydroxylation is 1. The number of aromatic nitrogens is 4. The number of hydrogen-bond donors (Lipinski definition) is 2. The van der Waals surface area contributed by atoms with Crippen LogP contribution in [0.3, 0.4) is 0 Å². The second-order valence-electron chi connectivity index (χ2n) is 8.83. The predicted molar refractivity (Wildman–Crippen MR) is 122 cm³/mol. The lowest BCUT2D eigenvalue weighted by Crippen LogP contribution is -2.44. The number of fused-ring (bicyclic) bond motifs is 1. The Morgan fingerprint density at radius 2 is 2.00 bits per heavy atom. The van der Waals surface area contributed by atoms with E-state index in [0.29, 0.717) is 23.2 Å². The molecule has 0 radical (unpaired) electrons. The summed E-state index contributed by atoms with van der Waals surface area (Å²) in [6.07, 6.45) is 7.01. The van der Waals surface area contributed by atoms with Gasteiger partial charge in [0.25, 0.3) is 11.5 Å². The van der Waals surface area contributed by atoms with Crippen molar-refractivity contribution in [2.24, 2.45) is 0 Å². The maximum Gasteiger partial charge on any atom is 0.274 e. The molecule has 2 saturated heterocycles. The van der Waals surface area contributed by atoms with Crippen molar-refractivity contribution < 1.29 is 4.79 Å². The Morgan fingerprint density at radius 3 is 2.72 bits per heavy atom. The summed E-state index contributed by atoms with van der Waals surface area (Å²) < 4.78 is 1.72. The molecule has 9 nitrogen and oxygen atoms in total. The molecule has 3 aromatic rings. The monoisotopic (exact) mass is 435 g/mol. The van der Waals surface area contributed by atoms with Crippen molar-refractivity contribution in [3.8, 4) is 0 Å². The molecule has 0 aliphatic carbocycles. The summed E-state index contributed by atoms with van der Waals surface area (Å²) in [5.41, 5.74) is 3.88. The first kappa shape index (κ1) is 20.7. The highest BCUT2D eigenvalue weighted by molar-refractivity contribution is 5.92. The molecule has 5 heterocycles. The fourth-order valence-corrected chi connectivity index (χ4v) is 5.05. The quantitative estimate of drug-likeness (QED) is 0.645. The fraction of sp³-hybridized carbons (Fsp3) is 0.478. The Hall–Kier alpha value is -3.20. The van der Waals surface area contributed by atoms with E-state index in [1.54, 1.807) is 23.8 Å². The minimum atomic E-state index is -0.165. The topological polar surface area (TPSA) is 98.6 Å². The number of hydrogen-bond acceptors (Lipinski definition) is 6. The number of likely N-dealkylation sites (tertiary alicyclic amines) is 1. The van der Waals surface area contributed by atoms with E-state index in [1.165, 1.54) is 0 Å². The molecule has 0 bridgehead atoms. The highest BCUT2D eigenvalue weighted by Crippen LogP contribution is 2.30. The second-order valence-corrected chi connectivity index (χ2v) is 8.83. The average Bonchev–Trinajstić information content (AvgIpc) is 3.45. The number of pyridine rings is 1. The highest BCUT2D eigenvalue weighted by Gasteiger charge is 2.32. The Morgan fingerprint density at radius 1 is 1.19 bits per heavy atom. The number of nitrogens with zero attached hydrogens (tertiary/aromatic N) is 5. The van der Waals surface area contributed by atoms with E-state index in [9.17, 15) is 9.59 Å². The van der Waals surface area contributed by atoms with Crippen LogP contribution in [0.5, 0.6) is 0 Å². The standard InChI is InChI=1S/C23H29N7O2/c1-15-11-21-23(32)26-20(14-30(21)27-15)16-5-8-29(13-16)17-6-9-28(10-7-17)18-3-4-19(25-12-18)22(31)24-2/h3-4,11-12,14,16-17H,5-10,13H2,1-2H3,(H,24,31)(H,26,32)/t16-/m1/s1. The van der Waals surface area contributed by atoms with E-state index >= 15 is 0 Å². The van der Waals surface area contributed by atoms with Crippen LogP contribution in [0.4, 0.5) is 5.69 Å². The van der Waals surface area contributed by atoms with E-state index in [0.717, 1.165) is 62.5 Å². The normalized spacial score (nSPS) is 20.2. The van der Waals surface area contributed by atoms with Crippen molar-refractivity contribution in [3.63, 3.8) is 0 Å². The zero-order valence-corrected chi connectivity index (χ0v) is 18.5. The average molecular weight is 436 g/mol. The van der Waals surface area contributed by atoms with E-state index in [4.69, 9.17) is 0 Å². The third kappa shape index (κ3) is 3.88. The van der Waals surface area contributed by atoms with Gasteiger partial charge in [0.05, 0.1) is 17.6 Å². The highest BCUT2D eigenvalue weighted by atomic mass is 16.1. The van der Waals surface area contributed by atoms with Crippen molar-refractivity contribution in [2.45, 2.75) is 38.1 Å². The van der Waals surface area contributed by atoms with Crippen molar-refractivity contribution >= 4 is 17.1 Å². The Bertz CT molecular complexity index is 1180. The third-order valence-corrected chi connectivity index (χ3v) is 6.82. The zero-order chi connectivity index (χ0) is 22.2. The van der Waals surface area contributed by atoms with Crippen molar-refractivity contribution in [2.75, 3.05) is 38.1 Å². The summed E-state index contributed by atoms with van der Waals surface area (Å²) in [7, 11) is 1.61. The van der Waals surface area contributed by atoms with E-state index < -0.39 is 0 Å². The first-order valence-electron chi connectivity index (χ1n) is 11.3. The molecule has 5 rings (SSSR count). The molecule has 2 N–H and O–H groups in total. The van der Waals surface area contributed by atoms with Crippen LogP contribution < -0.4 is 15.8 Å². The number of nitrogens with one attached hydrogen (secondary N) is 2. The predicted octanol–water partition coefficient (Wildman–Crippen LogP) is 1.54. The Kier molecular flexibility index (Phi) is 5.42. The number of anilines is 1. The first-order chi connectivity index (χ1) is 15.5. The molecule has 2 aliphatic rings. The van der Waals surface area contributed by atoms with Crippen LogP contribution in [0.1, 0.15) is 47.1 Å². The van der Waals surface area contributed by atoms with Gasteiger partial charge < -0.3 is 15.2 Å². The van der Waals surface area contributed by atoms with Gasteiger partial charge in [-0.1, -0.05) is 0 Å². The Labute approximate surface area is 186 Å². The molecule has 1 amide bonds. The molecule has 9 heteroatoms. The van der Waals surface area contributed by atoms with Crippen LogP contribution in [0.25, 0.3) is 5.52 Å². The van der Waals surface area contributed by atoms with Crippen LogP contribution in [0, 0.1) is 6.92 Å². The maximum atomic E-state index is 12.4. The fourth-order valence-electron chi connectivity index (χ4n) is 5.05. The molecule has 0 saturated carbocycles. The molecular formula is C23H29N7O2. The molecule has 0 aromatic carbocycles. The molecule has 0 unspecified atom stereocenters. The SMILES string of the molecule is CNC(=O)c1ccc(N2CCC(N3CC[C@@H](c4cn5nc(C)cc5c(=O)[nH]4)C3)CC2)cn1. The van der Waals surface area contributed by atoms with E-state index in [1.807, 2.05) is 25.3 Å². The number of piperidine rings is 1. The van der Waals surface area contributed by atoms with Gasteiger partial charge in [-0.05, 0) is 50.9 Å². The van der Waals surface area contributed by atoms with Crippen LogP contribution in [-0.4, -0.2) is 69.7 Å². The molecule has 3 aromatic heterocycles. The summed E-state index contributed by atoms with van der Waals surface area (Å²) in [6.45, 7) is 5.87. The maximum absolute atomic E-state index is 12.4. The number of carbonyl (C=O) groups excluding carboxylic acids is 1. The number of carbonyl (C=O) groups is 1. The lowest BCUT2D eigenvalue weighted by molar-refractivity contribution is 0.0958. The molecule has 2 aliphatic heterocycles. The van der Waals surface area contributed by atoms with E-state index in [-0.39, 0.29) is 11.5 Å². The van der Waals surface area contributed by atoms with Gasteiger partial charge in [0.1, 0.15) is 11.2 Å². The van der Waals surface area contributed by atoms with Crippen molar-refractivity contribution in [1.29, 1.82) is 0 Å². The second kappa shape index (κ2) is 8.38. The number of rotatable bonds is 4. The van der Waals surface area contributed by atoms with Crippen molar-refractivity contribution in [3.05, 3.63) is 58.0 Å². The first-order valence-corrected chi connectivity index (χ1v) is 11.3. The summed E-state index contributed by atoms with van der Waals surface area (Å²) in [5.74, 6) is 0.165. The summed E-state index contributed by atoms with van der Waals surface area (Å²) >= 11 is 0. The van der Waals surface area contributed by atoms with Gasteiger partial charge in [-0.15, -0.1) is 0 Å². The lowest BCUT2D eigenvalue weighted by atomic mass is 10.0. The number of aromatic amines is 1. The summed E-state index contributed by atoms with van der Waals surface area (Å²) in [4.78, 5) is 36.4. The van der Waals surface area contributed by atoms with Crippen LogP contribution in [0.15, 0.2) is 35.4 Å². The van der Waals surface area contributed by atoms with Gasteiger partial charge in [-0.2, -0.15) is 5.10 Å². The van der Waals surface area contributed by atoms with Gasteiger partial charge >= 0.3 is 0 Å². The zero-order valence-electron chi connectivity index (χ0n) is 18.5. The van der Waals surface area contributed by atoms with Gasteiger partial charge in [0, 0.05) is 50.5 Å². The van der Waals surface area contributed by atoms with Crippen LogP contribution in [0.2, 0.25) is 0 Å². The van der Waals surface area contributed by atoms with Gasteiger partial charge in [0.2, 0.25) is 0 Å². The molecule has 0 spiro atoms. The number of H-pyrrole nitrogens is 1. The third-order valence-electron chi connectivity index (χ3n) is 6.82. The van der Waals surface area contributed by atoms with Gasteiger partial charge in [-0.3, -0.25) is 14.5 Å². The van der Waals surface area contributed by atoms with Crippen LogP contribution in [-0.2, 0) is 0 Å². The summed E-state index contributed by atoms with van der Waals surface area (Å²) in [6, 6.07) is 6.13. The molecule has 2 fully saturated rings. The molecular weight excluding hydrogens is 406 g/mol. The van der Waals surface area contributed by atoms with Gasteiger partial charge in [-0.25, -0.2) is 9.50 Å². The molecule has 1 atom stereocenters. The smallest absolute Gasteiger partial charge is 0.274 e. The number of amides is 1. The largest absolute Gasteiger partial charge is 0.370 e. The van der Waals surface area contributed by atoms with Gasteiger partial charge in [0.15, 0.2) is 0 Å². The molecule has 168 valence electrons. The lowest BCUT2D eigenvalue weighted by Gasteiger charge is -2.37. The minimum absolute atomic E-state index is 0.0640. The van der Waals surface area contributed by atoms with E-state index in [2.05, 4.69) is 30.2 Å². The summed E-state index contributed by atoms with van der Waals surface area (Å²) in [5, 5.41) is 7.02. The van der Waals surface area contributed by atoms with Crippen molar-refractivity contribution in [1.82, 2.24) is 29.8 Å². The minimum Gasteiger partial charge on any atom is -0.370 e. The molecule has 32 heavy (non-hydrogen) atoms. The Balaban J connectivity index is 1.20. The van der Waals surface area contributed by atoms with Crippen LogP contribution >= 0.6 is 0 Å².